The third kappa shape index (κ3) is 3.12. The fourth-order valence-corrected chi connectivity index (χ4v) is 5.97. The molecule has 3 aliphatic rings. The van der Waals surface area contributed by atoms with E-state index in [-0.39, 0.29) is 23.2 Å². The molecule has 166 valence electrons. The number of amidine groups is 1. The van der Waals surface area contributed by atoms with Gasteiger partial charge in [-0.25, -0.2) is 13.8 Å². The second-order valence-corrected chi connectivity index (χ2v) is 9.25. The monoisotopic (exact) mass is 435 g/mol. The summed E-state index contributed by atoms with van der Waals surface area (Å²) in [5.74, 6) is -0.817. The molecule has 32 heavy (non-hydrogen) atoms. The number of hydrogen-bond donors (Lipinski definition) is 1. The zero-order chi connectivity index (χ0) is 22.5. The van der Waals surface area contributed by atoms with Crippen LogP contribution in [0.4, 0.5) is 8.78 Å². The number of rotatable bonds is 4. The van der Waals surface area contributed by atoms with Gasteiger partial charge in [-0.05, 0) is 97.0 Å². The summed E-state index contributed by atoms with van der Waals surface area (Å²) in [6, 6.07) is 11.0. The number of methoxy groups -OCH3 is 1. The third-order valence-corrected chi connectivity index (χ3v) is 7.54. The van der Waals surface area contributed by atoms with Crippen LogP contribution in [0.2, 0.25) is 0 Å². The van der Waals surface area contributed by atoms with E-state index in [2.05, 4.69) is 17.8 Å². The maximum absolute atomic E-state index is 14.7. The molecule has 2 aliphatic carbocycles. The molecule has 1 unspecified atom stereocenters. The Hall–Kier alpha value is -2.86. The van der Waals surface area contributed by atoms with Crippen LogP contribution < -0.4 is 5.73 Å². The van der Waals surface area contributed by atoms with Crippen LogP contribution in [-0.4, -0.2) is 25.8 Å². The Bertz CT molecular complexity index is 1130. The van der Waals surface area contributed by atoms with Crippen molar-refractivity contribution in [2.75, 3.05) is 7.11 Å². The second kappa shape index (κ2) is 7.62. The third-order valence-electron chi connectivity index (χ3n) is 7.54. The molecule has 2 N–H and O–H groups in total. The molecular formula is C26H27F2N3O. The van der Waals surface area contributed by atoms with E-state index in [1.165, 1.54) is 12.1 Å². The van der Waals surface area contributed by atoms with Crippen LogP contribution in [0.5, 0.6) is 0 Å². The average molecular weight is 436 g/mol. The average Bonchev–Trinajstić information content (AvgIpc) is 3.22. The number of nitrogens with zero attached hydrogens (tertiary/aromatic N) is 2. The van der Waals surface area contributed by atoms with Gasteiger partial charge in [-0.15, -0.1) is 0 Å². The highest BCUT2D eigenvalue weighted by atomic mass is 19.1. The van der Waals surface area contributed by atoms with Gasteiger partial charge in [0.2, 0.25) is 0 Å². The Kier molecular flexibility index (Phi) is 5.01. The highest BCUT2D eigenvalue weighted by Crippen LogP contribution is 2.62. The molecular weight excluding hydrogens is 408 g/mol. The summed E-state index contributed by atoms with van der Waals surface area (Å²) in [6.07, 6.45) is 6.23. The Morgan fingerprint density at radius 3 is 2.59 bits per heavy atom. The first-order valence-corrected chi connectivity index (χ1v) is 11.0. The van der Waals surface area contributed by atoms with E-state index in [1.54, 1.807) is 13.2 Å². The quantitative estimate of drug-likeness (QED) is 0.668. The Labute approximate surface area is 186 Å². The number of benzene rings is 2. The van der Waals surface area contributed by atoms with Crippen molar-refractivity contribution < 1.29 is 13.5 Å². The molecule has 0 bridgehead atoms. The van der Waals surface area contributed by atoms with Crippen LogP contribution in [0.25, 0.3) is 11.1 Å². The molecule has 0 amide bonds. The van der Waals surface area contributed by atoms with Crippen molar-refractivity contribution in [2.24, 2.45) is 21.1 Å². The van der Waals surface area contributed by atoms with Crippen molar-refractivity contribution in [3.8, 4) is 11.1 Å². The van der Waals surface area contributed by atoms with E-state index >= 15 is 0 Å². The molecule has 2 aromatic carbocycles. The normalized spacial score (nSPS) is 28.7. The molecule has 1 fully saturated rings. The molecule has 2 aromatic rings. The predicted molar refractivity (Wildman–Crippen MR) is 123 cm³/mol. The maximum Gasteiger partial charge on any atom is 0.163 e. The lowest BCUT2D eigenvalue weighted by Crippen LogP contribution is -2.43. The standard InChI is InChI=1S/C26H27F2N3O/c1-30-15-16-9-19(11-20(27)10-16)17-3-4-18-13-25(7-5-21(32-2)6-8-25)26(22(18)12-17)14-23(28)24(29)31-26/h3-4,9-12,14,21H,1,5-8,13,15H2,2H3,(H2,29,31). The minimum atomic E-state index is -0.829. The summed E-state index contributed by atoms with van der Waals surface area (Å²) in [5.41, 5.74) is 9.40. The summed E-state index contributed by atoms with van der Waals surface area (Å²) >= 11 is 0. The largest absolute Gasteiger partial charge is 0.382 e. The minimum absolute atomic E-state index is 0.0402. The lowest BCUT2D eigenvalue weighted by molar-refractivity contribution is 0.00815. The van der Waals surface area contributed by atoms with Crippen LogP contribution in [0, 0.1) is 11.2 Å². The number of fused-ring (bicyclic) bond motifs is 3. The van der Waals surface area contributed by atoms with E-state index in [0.717, 1.165) is 59.9 Å². The summed E-state index contributed by atoms with van der Waals surface area (Å²) in [4.78, 5) is 8.63. The Morgan fingerprint density at radius 1 is 1.16 bits per heavy atom. The highest BCUT2D eigenvalue weighted by molar-refractivity contribution is 5.98. The lowest BCUT2D eigenvalue weighted by atomic mass is 9.62. The first kappa shape index (κ1) is 21.0. The van der Waals surface area contributed by atoms with Gasteiger partial charge in [0.05, 0.1) is 12.6 Å². The fraction of sp³-hybridized carbons (Fsp3) is 0.385. The summed E-state index contributed by atoms with van der Waals surface area (Å²) in [5, 5.41) is 0. The Balaban J connectivity index is 1.63. The van der Waals surface area contributed by atoms with Gasteiger partial charge in [-0.1, -0.05) is 12.1 Å². The van der Waals surface area contributed by atoms with Crippen LogP contribution >= 0.6 is 0 Å². The van der Waals surface area contributed by atoms with Crippen LogP contribution in [-0.2, 0) is 23.2 Å². The van der Waals surface area contributed by atoms with Gasteiger partial charge >= 0.3 is 0 Å². The zero-order valence-corrected chi connectivity index (χ0v) is 18.2. The zero-order valence-electron chi connectivity index (χ0n) is 18.2. The summed E-state index contributed by atoms with van der Waals surface area (Å²) < 4.78 is 34.6. The molecule has 0 aromatic heterocycles. The summed E-state index contributed by atoms with van der Waals surface area (Å²) in [7, 11) is 1.74. The fourth-order valence-electron chi connectivity index (χ4n) is 5.97. The minimum Gasteiger partial charge on any atom is -0.382 e. The van der Waals surface area contributed by atoms with Gasteiger partial charge in [-0.3, -0.25) is 4.99 Å². The Morgan fingerprint density at radius 2 is 1.94 bits per heavy atom. The van der Waals surface area contributed by atoms with Crippen molar-refractivity contribution in [1.29, 1.82) is 0 Å². The molecule has 0 radical (unpaired) electrons. The highest BCUT2D eigenvalue weighted by Gasteiger charge is 2.59. The predicted octanol–water partition coefficient (Wildman–Crippen LogP) is 5.24. The van der Waals surface area contributed by atoms with E-state index < -0.39 is 11.4 Å². The van der Waals surface area contributed by atoms with E-state index in [9.17, 15) is 8.78 Å². The first-order chi connectivity index (χ1) is 15.4. The molecule has 0 saturated heterocycles. The van der Waals surface area contributed by atoms with Crippen molar-refractivity contribution in [3.05, 3.63) is 70.8 Å². The first-order valence-electron chi connectivity index (χ1n) is 11.0. The number of aliphatic imine (C=N–C) groups is 2. The number of ether oxygens (including phenoxy) is 1. The van der Waals surface area contributed by atoms with Crippen molar-refractivity contribution in [2.45, 2.75) is 50.3 Å². The van der Waals surface area contributed by atoms with E-state index in [4.69, 9.17) is 15.5 Å². The molecule has 1 heterocycles. The topological polar surface area (TPSA) is 60.0 Å². The number of nitrogens with two attached hydrogens (primary N) is 1. The van der Waals surface area contributed by atoms with Crippen LogP contribution in [0.15, 0.2) is 58.3 Å². The van der Waals surface area contributed by atoms with Gasteiger partial charge < -0.3 is 10.5 Å². The van der Waals surface area contributed by atoms with Crippen LogP contribution in [0.3, 0.4) is 0 Å². The van der Waals surface area contributed by atoms with Gasteiger partial charge in [-0.2, -0.15) is 0 Å². The molecule has 6 heteroatoms. The smallest absolute Gasteiger partial charge is 0.163 e. The molecule has 5 rings (SSSR count). The van der Waals surface area contributed by atoms with Gasteiger partial charge in [0.15, 0.2) is 11.7 Å². The second-order valence-electron chi connectivity index (χ2n) is 9.25. The molecule has 4 nitrogen and oxygen atoms in total. The van der Waals surface area contributed by atoms with Crippen LogP contribution in [0.1, 0.15) is 42.4 Å². The molecule has 1 saturated carbocycles. The maximum atomic E-state index is 14.7. The number of halogens is 2. The van der Waals surface area contributed by atoms with Gasteiger partial charge in [0, 0.05) is 12.5 Å². The van der Waals surface area contributed by atoms with Crippen molar-refractivity contribution in [1.82, 2.24) is 0 Å². The lowest BCUT2D eigenvalue weighted by Gasteiger charge is -2.45. The summed E-state index contributed by atoms with van der Waals surface area (Å²) in [6.45, 7) is 3.85. The van der Waals surface area contributed by atoms with E-state index in [0.29, 0.717) is 6.54 Å². The van der Waals surface area contributed by atoms with Crippen molar-refractivity contribution in [3.63, 3.8) is 0 Å². The molecule has 1 atom stereocenters. The van der Waals surface area contributed by atoms with Gasteiger partial charge in [0.1, 0.15) is 11.4 Å². The molecule has 2 spiro atoms. The van der Waals surface area contributed by atoms with Crippen molar-refractivity contribution >= 4 is 12.6 Å². The number of hydrogen-bond acceptors (Lipinski definition) is 4. The van der Waals surface area contributed by atoms with E-state index in [1.807, 2.05) is 18.2 Å². The molecule has 1 aliphatic heterocycles. The van der Waals surface area contributed by atoms with Gasteiger partial charge in [0.25, 0.3) is 0 Å². The SMILES string of the molecule is C=NCc1cc(F)cc(-c2ccc3c(c2)C2(C=C(F)C(N)=N2)C2(CCC(OC)CC2)C3)c1.